The van der Waals surface area contributed by atoms with Gasteiger partial charge in [0.05, 0.1) is 0 Å². The Bertz CT molecular complexity index is 381. The second-order valence-corrected chi connectivity index (χ2v) is 2.76. The number of nitrogens with zero attached hydrogens (tertiary/aromatic N) is 4. The average molecular weight is 194 g/mol. The van der Waals surface area contributed by atoms with Gasteiger partial charge in [0.1, 0.15) is 12.2 Å². The summed E-state index contributed by atoms with van der Waals surface area (Å²) in [5.41, 5.74) is 0. The molecule has 14 heavy (non-hydrogen) atoms. The summed E-state index contributed by atoms with van der Waals surface area (Å²) < 4.78 is 4.87. The van der Waals surface area contributed by atoms with Crippen molar-refractivity contribution in [2.24, 2.45) is 0 Å². The van der Waals surface area contributed by atoms with Gasteiger partial charge in [0.2, 0.25) is 0 Å². The molecule has 0 fully saturated rings. The number of aromatic nitrogens is 5. The number of anilines is 1. The van der Waals surface area contributed by atoms with Gasteiger partial charge in [-0.1, -0.05) is 5.16 Å². The van der Waals surface area contributed by atoms with Crippen LogP contribution in [-0.2, 0) is 6.42 Å². The second-order valence-electron chi connectivity index (χ2n) is 2.76. The topological polar surface area (TPSA) is 92.5 Å². The predicted octanol–water partition coefficient (Wildman–Crippen LogP) is 0.151. The van der Waals surface area contributed by atoms with Gasteiger partial charge in [-0.3, -0.25) is 5.10 Å². The first-order valence-electron chi connectivity index (χ1n) is 4.23. The van der Waals surface area contributed by atoms with E-state index in [1.54, 1.807) is 6.92 Å². The minimum absolute atomic E-state index is 0.432. The van der Waals surface area contributed by atoms with Gasteiger partial charge < -0.3 is 9.84 Å². The molecule has 0 radical (unpaired) electrons. The smallest absolute Gasteiger partial charge is 0.321 e. The Morgan fingerprint density at radius 2 is 2.50 bits per heavy atom. The van der Waals surface area contributed by atoms with Gasteiger partial charge in [0, 0.05) is 13.0 Å². The maximum Gasteiger partial charge on any atom is 0.321 e. The maximum absolute atomic E-state index is 4.87. The Kier molecular flexibility index (Phi) is 2.39. The minimum atomic E-state index is 0.432. The molecule has 2 heterocycles. The Morgan fingerprint density at radius 1 is 1.57 bits per heavy atom. The monoisotopic (exact) mass is 194 g/mol. The van der Waals surface area contributed by atoms with Crippen molar-refractivity contribution >= 4 is 6.01 Å². The molecule has 0 spiro atoms. The molecule has 2 aromatic heterocycles. The van der Waals surface area contributed by atoms with Crippen LogP contribution in [0, 0.1) is 6.92 Å². The van der Waals surface area contributed by atoms with E-state index in [1.807, 2.05) is 0 Å². The molecular weight excluding hydrogens is 184 g/mol. The van der Waals surface area contributed by atoms with E-state index < -0.39 is 0 Å². The van der Waals surface area contributed by atoms with Crippen molar-refractivity contribution in [2.45, 2.75) is 13.3 Å². The van der Waals surface area contributed by atoms with Gasteiger partial charge in [-0.2, -0.15) is 10.1 Å². The molecule has 0 aliphatic rings. The summed E-state index contributed by atoms with van der Waals surface area (Å²) in [6, 6.07) is 0.432. The Labute approximate surface area is 79.9 Å². The summed E-state index contributed by atoms with van der Waals surface area (Å²) in [4.78, 5) is 7.97. The molecule has 0 amide bonds. The van der Waals surface area contributed by atoms with E-state index in [-0.39, 0.29) is 0 Å². The lowest BCUT2D eigenvalue weighted by atomic mass is 10.4. The van der Waals surface area contributed by atoms with Crippen molar-refractivity contribution in [2.75, 3.05) is 11.9 Å². The number of aromatic amines is 1. The van der Waals surface area contributed by atoms with Crippen LogP contribution in [0.25, 0.3) is 0 Å². The van der Waals surface area contributed by atoms with Crippen LogP contribution in [-0.4, -0.2) is 31.9 Å². The first-order chi connectivity index (χ1) is 6.84. The highest BCUT2D eigenvalue weighted by Gasteiger charge is 2.01. The zero-order valence-corrected chi connectivity index (χ0v) is 7.69. The van der Waals surface area contributed by atoms with Crippen molar-refractivity contribution in [1.82, 2.24) is 25.3 Å². The third-order valence-electron chi connectivity index (χ3n) is 1.63. The largest absolute Gasteiger partial charge is 0.337 e. The molecule has 2 rings (SSSR count). The highest BCUT2D eigenvalue weighted by Crippen LogP contribution is 2.01. The normalized spacial score (nSPS) is 10.4. The summed E-state index contributed by atoms with van der Waals surface area (Å²) in [7, 11) is 0. The van der Waals surface area contributed by atoms with Gasteiger partial charge in [0.15, 0.2) is 5.82 Å². The predicted molar refractivity (Wildman–Crippen MR) is 47.6 cm³/mol. The number of nitrogens with one attached hydrogen (secondary N) is 2. The first-order valence-corrected chi connectivity index (χ1v) is 4.23. The second kappa shape index (κ2) is 3.86. The molecule has 7 nitrogen and oxygen atoms in total. The molecule has 7 heteroatoms. The third kappa shape index (κ3) is 2.06. The Hall–Kier alpha value is -1.92. The lowest BCUT2D eigenvalue weighted by molar-refractivity contribution is 0.425. The molecule has 0 aromatic carbocycles. The van der Waals surface area contributed by atoms with Crippen LogP contribution in [0.3, 0.4) is 0 Å². The number of rotatable bonds is 4. The molecule has 0 bridgehead atoms. The lowest BCUT2D eigenvalue weighted by Gasteiger charge is -1.96. The van der Waals surface area contributed by atoms with Gasteiger partial charge in [-0.25, -0.2) is 4.98 Å². The molecule has 2 aromatic rings. The molecule has 0 aliphatic heterocycles. The molecule has 0 saturated heterocycles. The first kappa shape index (κ1) is 8.67. The molecule has 0 unspecified atom stereocenters. The van der Waals surface area contributed by atoms with Crippen molar-refractivity contribution < 1.29 is 4.52 Å². The van der Waals surface area contributed by atoms with Crippen LogP contribution in [0.1, 0.15) is 11.6 Å². The van der Waals surface area contributed by atoms with Crippen molar-refractivity contribution in [3.05, 3.63) is 18.0 Å². The Balaban J connectivity index is 1.78. The molecule has 0 atom stereocenters. The van der Waals surface area contributed by atoms with Crippen molar-refractivity contribution in [1.29, 1.82) is 0 Å². The number of hydrogen-bond donors (Lipinski definition) is 2. The quantitative estimate of drug-likeness (QED) is 0.719. The van der Waals surface area contributed by atoms with E-state index in [1.165, 1.54) is 6.33 Å². The Morgan fingerprint density at radius 3 is 3.14 bits per heavy atom. The summed E-state index contributed by atoms with van der Waals surface area (Å²) in [6.07, 6.45) is 2.22. The SMILES string of the molecule is Cc1noc(NCCc2ncn[nH]2)n1. The van der Waals surface area contributed by atoms with E-state index >= 15 is 0 Å². The van der Waals surface area contributed by atoms with Gasteiger partial charge >= 0.3 is 6.01 Å². The minimum Gasteiger partial charge on any atom is -0.337 e. The zero-order valence-electron chi connectivity index (χ0n) is 7.69. The van der Waals surface area contributed by atoms with Crippen LogP contribution in [0.2, 0.25) is 0 Å². The standard InChI is InChI=1S/C7H10N6O/c1-5-11-7(14-13-5)8-3-2-6-9-4-10-12-6/h4H,2-3H2,1H3,(H,8,11,13)(H,9,10,12). The van der Waals surface area contributed by atoms with Crippen LogP contribution in [0.15, 0.2) is 10.9 Å². The highest BCUT2D eigenvalue weighted by molar-refractivity contribution is 5.17. The van der Waals surface area contributed by atoms with Crippen LogP contribution < -0.4 is 5.32 Å². The molecule has 2 N–H and O–H groups in total. The van der Waals surface area contributed by atoms with Crippen LogP contribution in [0.4, 0.5) is 6.01 Å². The van der Waals surface area contributed by atoms with E-state index in [4.69, 9.17) is 4.52 Å². The van der Waals surface area contributed by atoms with E-state index in [0.717, 1.165) is 12.2 Å². The van der Waals surface area contributed by atoms with Crippen molar-refractivity contribution in [3.63, 3.8) is 0 Å². The number of aryl methyl sites for hydroxylation is 1. The molecular formula is C7H10N6O. The summed E-state index contributed by atoms with van der Waals surface area (Å²) in [6.45, 7) is 2.45. The third-order valence-corrected chi connectivity index (χ3v) is 1.63. The van der Waals surface area contributed by atoms with Crippen molar-refractivity contribution in [3.8, 4) is 0 Å². The maximum atomic E-state index is 4.87. The fraction of sp³-hybridized carbons (Fsp3) is 0.429. The number of hydrogen-bond acceptors (Lipinski definition) is 6. The average Bonchev–Trinajstić information content (AvgIpc) is 2.77. The van der Waals surface area contributed by atoms with Crippen LogP contribution in [0.5, 0.6) is 0 Å². The fourth-order valence-electron chi connectivity index (χ4n) is 1.01. The van der Waals surface area contributed by atoms with E-state index in [0.29, 0.717) is 18.4 Å². The van der Waals surface area contributed by atoms with Crippen LogP contribution >= 0.6 is 0 Å². The fourth-order valence-corrected chi connectivity index (χ4v) is 1.01. The van der Waals surface area contributed by atoms with Gasteiger partial charge in [0.25, 0.3) is 0 Å². The molecule has 74 valence electrons. The van der Waals surface area contributed by atoms with Gasteiger partial charge in [-0.15, -0.1) is 0 Å². The molecule has 0 aliphatic carbocycles. The lowest BCUT2D eigenvalue weighted by Crippen LogP contribution is -2.06. The number of H-pyrrole nitrogens is 1. The van der Waals surface area contributed by atoms with Gasteiger partial charge in [-0.05, 0) is 6.92 Å². The zero-order chi connectivity index (χ0) is 9.80. The summed E-state index contributed by atoms with van der Waals surface area (Å²) in [5.74, 6) is 1.45. The van der Waals surface area contributed by atoms with E-state index in [9.17, 15) is 0 Å². The highest BCUT2D eigenvalue weighted by atomic mass is 16.5. The summed E-state index contributed by atoms with van der Waals surface area (Å²) >= 11 is 0. The summed E-state index contributed by atoms with van der Waals surface area (Å²) in [5, 5.41) is 13.1. The van der Waals surface area contributed by atoms with E-state index in [2.05, 4.69) is 30.6 Å². The molecule has 0 saturated carbocycles.